The van der Waals surface area contributed by atoms with E-state index in [2.05, 4.69) is 25.3 Å². The van der Waals surface area contributed by atoms with Crippen molar-refractivity contribution < 1.29 is 0 Å². The molecule has 0 aromatic heterocycles. The van der Waals surface area contributed by atoms with Gasteiger partial charge in [0, 0.05) is 5.25 Å². The largest absolute Gasteiger partial charge is 0.158 e. The summed E-state index contributed by atoms with van der Waals surface area (Å²) < 4.78 is 0. The fourth-order valence-electron chi connectivity index (χ4n) is 1.13. The van der Waals surface area contributed by atoms with E-state index in [-0.39, 0.29) is 0 Å². The van der Waals surface area contributed by atoms with Crippen LogP contribution in [0.4, 0.5) is 0 Å². The Morgan fingerprint density at radius 1 is 1.33 bits per heavy atom. The minimum Gasteiger partial charge on any atom is -0.158 e. The van der Waals surface area contributed by atoms with Crippen molar-refractivity contribution in [1.29, 1.82) is 0 Å². The van der Waals surface area contributed by atoms with Crippen molar-refractivity contribution >= 4 is 11.8 Å². The Morgan fingerprint density at radius 2 is 2.11 bits per heavy atom. The molecule has 9 heavy (non-hydrogen) atoms. The van der Waals surface area contributed by atoms with Gasteiger partial charge in [0.1, 0.15) is 0 Å². The van der Waals surface area contributed by atoms with Crippen molar-refractivity contribution in [3.05, 3.63) is 12.2 Å². The predicted molar refractivity (Wildman–Crippen MR) is 44.8 cm³/mol. The first-order chi connectivity index (χ1) is 4.33. The molecule has 1 aliphatic carbocycles. The van der Waals surface area contributed by atoms with Crippen molar-refractivity contribution in [2.45, 2.75) is 25.0 Å². The fourth-order valence-corrected chi connectivity index (χ4v) is 1.75. The van der Waals surface area contributed by atoms with Gasteiger partial charge in [-0.1, -0.05) is 19.1 Å². The van der Waals surface area contributed by atoms with E-state index in [1.54, 1.807) is 0 Å². The van der Waals surface area contributed by atoms with Crippen LogP contribution >= 0.6 is 11.8 Å². The number of rotatable bonds is 1. The van der Waals surface area contributed by atoms with Crippen molar-refractivity contribution in [2.75, 3.05) is 6.26 Å². The van der Waals surface area contributed by atoms with Gasteiger partial charge in [-0.25, -0.2) is 0 Å². The summed E-state index contributed by atoms with van der Waals surface area (Å²) in [6, 6.07) is 0. The topological polar surface area (TPSA) is 0 Å². The number of allylic oxidation sites excluding steroid dienone is 1. The third-order valence-electron chi connectivity index (χ3n) is 1.86. The molecule has 0 aromatic rings. The Morgan fingerprint density at radius 3 is 2.56 bits per heavy atom. The SMILES string of the molecule is CSC1C=CC(C)CC1. The molecule has 2 unspecified atom stereocenters. The molecule has 52 valence electrons. The van der Waals surface area contributed by atoms with Gasteiger partial charge in [0.2, 0.25) is 0 Å². The molecule has 0 fully saturated rings. The van der Waals surface area contributed by atoms with Gasteiger partial charge in [0.25, 0.3) is 0 Å². The summed E-state index contributed by atoms with van der Waals surface area (Å²) >= 11 is 1.96. The molecule has 0 nitrogen and oxygen atoms in total. The monoisotopic (exact) mass is 142 g/mol. The highest BCUT2D eigenvalue weighted by Crippen LogP contribution is 2.23. The second kappa shape index (κ2) is 3.31. The Labute approximate surface area is 61.7 Å². The van der Waals surface area contributed by atoms with E-state index in [0.29, 0.717) is 0 Å². The summed E-state index contributed by atoms with van der Waals surface area (Å²) in [5.74, 6) is 0.827. The minimum atomic E-state index is 0.807. The quantitative estimate of drug-likeness (QED) is 0.507. The lowest BCUT2D eigenvalue weighted by Gasteiger charge is -2.17. The summed E-state index contributed by atoms with van der Waals surface area (Å²) in [7, 11) is 0. The zero-order valence-electron chi connectivity index (χ0n) is 6.13. The van der Waals surface area contributed by atoms with Gasteiger partial charge < -0.3 is 0 Å². The second-order valence-electron chi connectivity index (χ2n) is 2.71. The molecular formula is C8H14S. The van der Waals surface area contributed by atoms with Crippen molar-refractivity contribution in [3.8, 4) is 0 Å². The number of thioether (sulfide) groups is 1. The second-order valence-corrected chi connectivity index (χ2v) is 3.79. The summed E-state index contributed by atoms with van der Waals surface area (Å²) in [5, 5.41) is 0.807. The fraction of sp³-hybridized carbons (Fsp3) is 0.750. The smallest absolute Gasteiger partial charge is 0.0224 e. The van der Waals surface area contributed by atoms with Gasteiger partial charge >= 0.3 is 0 Å². The average molecular weight is 142 g/mol. The number of hydrogen-bond donors (Lipinski definition) is 0. The van der Waals surface area contributed by atoms with Crippen molar-refractivity contribution in [1.82, 2.24) is 0 Å². The molecule has 0 N–H and O–H groups in total. The van der Waals surface area contributed by atoms with Crippen LogP contribution in [0.25, 0.3) is 0 Å². The summed E-state index contributed by atoms with van der Waals surface area (Å²) in [4.78, 5) is 0. The molecule has 0 heterocycles. The summed E-state index contributed by atoms with van der Waals surface area (Å²) in [5.41, 5.74) is 0. The van der Waals surface area contributed by atoms with Crippen LogP contribution in [-0.4, -0.2) is 11.5 Å². The Balaban J connectivity index is 2.38. The Hall–Kier alpha value is 0.0900. The lowest BCUT2D eigenvalue weighted by Crippen LogP contribution is -2.06. The van der Waals surface area contributed by atoms with Crippen LogP contribution in [0.15, 0.2) is 12.2 Å². The standard InChI is InChI=1S/C8H14S/c1-7-3-5-8(9-2)6-4-7/h3,5,7-8H,4,6H2,1-2H3. The molecule has 0 saturated carbocycles. The Kier molecular flexibility index (Phi) is 2.65. The van der Waals surface area contributed by atoms with E-state index >= 15 is 0 Å². The van der Waals surface area contributed by atoms with Crippen molar-refractivity contribution in [2.24, 2.45) is 5.92 Å². The molecular weight excluding hydrogens is 128 g/mol. The molecule has 2 atom stereocenters. The maximum Gasteiger partial charge on any atom is 0.0224 e. The third-order valence-corrected chi connectivity index (χ3v) is 2.86. The molecule has 0 radical (unpaired) electrons. The Bertz CT molecular complexity index is 107. The minimum absolute atomic E-state index is 0.807. The van der Waals surface area contributed by atoms with Crippen LogP contribution < -0.4 is 0 Å². The summed E-state index contributed by atoms with van der Waals surface area (Å²) in [6.07, 6.45) is 9.62. The first kappa shape index (κ1) is 7.20. The highest BCUT2D eigenvalue weighted by molar-refractivity contribution is 7.99. The molecule has 1 aliphatic rings. The van der Waals surface area contributed by atoms with Crippen molar-refractivity contribution in [3.63, 3.8) is 0 Å². The highest BCUT2D eigenvalue weighted by atomic mass is 32.2. The molecule has 1 heteroatoms. The van der Waals surface area contributed by atoms with Gasteiger partial charge in [-0.15, -0.1) is 0 Å². The van der Waals surface area contributed by atoms with Gasteiger partial charge in [0.15, 0.2) is 0 Å². The zero-order valence-corrected chi connectivity index (χ0v) is 6.95. The van der Waals surface area contributed by atoms with Crippen LogP contribution in [0.2, 0.25) is 0 Å². The predicted octanol–water partition coefficient (Wildman–Crippen LogP) is 2.70. The van der Waals surface area contributed by atoms with Gasteiger partial charge in [-0.2, -0.15) is 11.8 Å². The van der Waals surface area contributed by atoms with E-state index in [1.165, 1.54) is 12.8 Å². The van der Waals surface area contributed by atoms with Crippen LogP contribution in [0.5, 0.6) is 0 Å². The highest BCUT2D eigenvalue weighted by Gasteiger charge is 2.09. The van der Waals surface area contributed by atoms with Gasteiger partial charge in [-0.3, -0.25) is 0 Å². The first-order valence-electron chi connectivity index (χ1n) is 3.54. The molecule has 0 bridgehead atoms. The third kappa shape index (κ3) is 2.05. The molecule has 0 saturated heterocycles. The summed E-state index contributed by atoms with van der Waals surface area (Å²) in [6.45, 7) is 2.28. The van der Waals surface area contributed by atoms with Crippen LogP contribution in [-0.2, 0) is 0 Å². The molecule has 0 aliphatic heterocycles. The molecule has 0 amide bonds. The first-order valence-corrected chi connectivity index (χ1v) is 4.83. The zero-order chi connectivity index (χ0) is 6.69. The average Bonchev–Trinajstić information content (AvgIpc) is 1.90. The number of hydrogen-bond acceptors (Lipinski definition) is 1. The maximum absolute atomic E-state index is 2.35. The van der Waals surface area contributed by atoms with E-state index < -0.39 is 0 Å². The molecule has 0 spiro atoms. The van der Waals surface area contributed by atoms with Crippen LogP contribution in [0.1, 0.15) is 19.8 Å². The van der Waals surface area contributed by atoms with E-state index in [9.17, 15) is 0 Å². The lowest BCUT2D eigenvalue weighted by atomic mass is 9.98. The van der Waals surface area contributed by atoms with Gasteiger partial charge in [-0.05, 0) is 25.0 Å². The van der Waals surface area contributed by atoms with Crippen LogP contribution in [0.3, 0.4) is 0 Å². The van der Waals surface area contributed by atoms with E-state index in [1.807, 2.05) is 11.8 Å². The molecule has 1 rings (SSSR count). The van der Waals surface area contributed by atoms with Gasteiger partial charge in [0.05, 0.1) is 0 Å². The molecule has 0 aromatic carbocycles. The maximum atomic E-state index is 2.35. The van der Waals surface area contributed by atoms with E-state index in [0.717, 1.165) is 11.2 Å². The van der Waals surface area contributed by atoms with E-state index in [4.69, 9.17) is 0 Å². The lowest BCUT2D eigenvalue weighted by molar-refractivity contribution is 0.591. The normalized spacial score (nSPS) is 34.9. The van der Waals surface area contributed by atoms with Crippen LogP contribution in [0, 0.1) is 5.92 Å².